The fraction of sp³-hybridized carbons (Fsp3) is 0.769. The highest BCUT2D eigenvalue weighted by molar-refractivity contribution is 5.95. The summed E-state index contributed by atoms with van der Waals surface area (Å²) in [4.78, 5) is 12.1. The van der Waals surface area contributed by atoms with Gasteiger partial charge >= 0.3 is 0 Å². The smallest absolute Gasteiger partial charge is 0.163 e. The normalized spacial score (nSPS) is 47.6. The zero-order chi connectivity index (χ0) is 10.5. The predicted octanol–water partition coefficient (Wildman–Crippen LogP) is 2.24. The van der Waals surface area contributed by atoms with Gasteiger partial charge in [-0.05, 0) is 68.6 Å². The maximum absolute atomic E-state index is 12.1. The van der Waals surface area contributed by atoms with E-state index in [0.29, 0.717) is 5.78 Å². The van der Waals surface area contributed by atoms with Crippen molar-refractivity contribution in [2.75, 3.05) is 0 Å². The molecule has 2 N–H and O–H groups in total. The van der Waals surface area contributed by atoms with Crippen LogP contribution in [0.4, 0.5) is 0 Å². The van der Waals surface area contributed by atoms with Gasteiger partial charge in [-0.1, -0.05) is 0 Å². The highest BCUT2D eigenvalue weighted by atomic mass is 16.1. The highest BCUT2D eigenvalue weighted by Gasteiger charge is 2.53. The number of rotatable bonds is 2. The number of carbonyl (C=O) groups is 1. The van der Waals surface area contributed by atoms with Crippen molar-refractivity contribution >= 4 is 5.78 Å². The molecule has 4 aliphatic carbocycles. The van der Waals surface area contributed by atoms with Gasteiger partial charge in [0.1, 0.15) is 0 Å². The van der Waals surface area contributed by atoms with Crippen LogP contribution in [0.25, 0.3) is 0 Å². The summed E-state index contributed by atoms with van der Waals surface area (Å²) in [6.45, 7) is 0. The Labute approximate surface area is 90.9 Å². The van der Waals surface area contributed by atoms with Crippen LogP contribution in [-0.2, 0) is 4.79 Å². The van der Waals surface area contributed by atoms with Crippen molar-refractivity contribution in [1.82, 2.24) is 0 Å². The Kier molecular flexibility index (Phi) is 1.95. The van der Waals surface area contributed by atoms with Crippen molar-refractivity contribution in [3.05, 3.63) is 12.3 Å². The molecule has 4 saturated carbocycles. The zero-order valence-corrected chi connectivity index (χ0v) is 9.11. The van der Waals surface area contributed by atoms with E-state index in [1.165, 1.54) is 25.5 Å². The maximum Gasteiger partial charge on any atom is 0.163 e. The lowest BCUT2D eigenvalue weighted by Gasteiger charge is -2.55. The molecule has 0 aromatic heterocycles. The van der Waals surface area contributed by atoms with Crippen LogP contribution in [0.2, 0.25) is 0 Å². The van der Waals surface area contributed by atoms with Gasteiger partial charge in [0.05, 0.1) is 0 Å². The summed E-state index contributed by atoms with van der Waals surface area (Å²) in [5.41, 5.74) is 5.35. The largest absolute Gasteiger partial charge is 0.404 e. The Morgan fingerprint density at radius 1 is 1.07 bits per heavy atom. The van der Waals surface area contributed by atoms with Gasteiger partial charge in [-0.25, -0.2) is 0 Å². The van der Waals surface area contributed by atoms with Crippen molar-refractivity contribution in [3.63, 3.8) is 0 Å². The van der Waals surface area contributed by atoms with Crippen LogP contribution in [0.1, 0.15) is 38.5 Å². The van der Waals surface area contributed by atoms with E-state index in [9.17, 15) is 4.79 Å². The lowest BCUT2D eigenvalue weighted by molar-refractivity contribution is -0.138. The minimum atomic E-state index is 0.00458. The Hall–Kier alpha value is -0.790. The Balaban J connectivity index is 1.89. The van der Waals surface area contributed by atoms with Gasteiger partial charge in [-0.2, -0.15) is 0 Å². The van der Waals surface area contributed by atoms with E-state index >= 15 is 0 Å². The van der Waals surface area contributed by atoms with Crippen molar-refractivity contribution in [2.45, 2.75) is 38.5 Å². The zero-order valence-electron chi connectivity index (χ0n) is 9.11. The second-order valence-corrected chi connectivity index (χ2v) is 5.92. The van der Waals surface area contributed by atoms with Gasteiger partial charge in [0.25, 0.3) is 0 Å². The van der Waals surface area contributed by atoms with Crippen LogP contribution in [0.5, 0.6) is 0 Å². The minimum Gasteiger partial charge on any atom is -0.404 e. The van der Waals surface area contributed by atoms with E-state index in [1.54, 1.807) is 6.08 Å². The Morgan fingerprint density at radius 3 is 1.93 bits per heavy atom. The Morgan fingerprint density at radius 2 is 1.53 bits per heavy atom. The first-order chi connectivity index (χ1) is 7.22. The van der Waals surface area contributed by atoms with Crippen LogP contribution in [0.15, 0.2) is 12.3 Å². The van der Waals surface area contributed by atoms with Crippen LogP contribution < -0.4 is 5.73 Å². The van der Waals surface area contributed by atoms with E-state index in [1.807, 2.05) is 0 Å². The van der Waals surface area contributed by atoms with Crippen LogP contribution in [0.3, 0.4) is 0 Å². The van der Waals surface area contributed by atoms with Crippen molar-refractivity contribution in [1.29, 1.82) is 0 Å². The molecule has 0 radical (unpaired) electrons. The third-order valence-corrected chi connectivity index (χ3v) is 4.81. The van der Waals surface area contributed by atoms with Gasteiger partial charge in [-0.3, -0.25) is 4.79 Å². The third-order valence-electron chi connectivity index (χ3n) is 4.81. The number of nitrogens with two attached hydrogens (primary N) is 1. The second kappa shape index (κ2) is 3.10. The molecule has 0 spiro atoms. The van der Waals surface area contributed by atoms with Crippen molar-refractivity contribution in [2.24, 2.45) is 28.9 Å². The summed E-state index contributed by atoms with van der Waals surface area (Å²) >= 11 is 0. The van der Waals surface area contributed by atoms with Crippen molar-refractivity contribution in [3.8, 4) is 0 Å². The molecule has 82 valence electrons. The molecule has 4 rings (SSSR count). The summed E-state index contributed by atoms with van der Waals surface area (Å²) in [5, 5.41) is 0. The van der Waals surface area contributed by atoms with E-state index in [-0.39, 0.29) is 5.41 Å². The first-order valence-electron chi connectivity index (χ1n) is 6.14. The standard InChI is InChI=1S/C13H19NO/c14-2-1-12(15)13-6-9-3-10(7-13)5-11(4-9)8-13/h1-2,9-11H,3-8,14H2. The number of ketones is 1. The molecule has 4 bridgehead atoms. The summed E-state index contributed by atoms with van der Waals surface area (Å²) in [6, 6.07) is 0. The lowest BCUT2D eigenvalue weighted by Crippen LogP contribution is -2.49. The molecule has 0 saturated heterocycles. The SMILES string of the molecule is NC=CC(=O)C12CC3CC(CC(C3)C1)C2. The summed E-state index contributed by atoms with van der Waals surface area (Å²) < 4.78 is 0. The van der Waals surface area contributed by atoms with Crippen LogP contribution in [-0.4, -0.2) is 5.78 Å². The molecule has 0 aliphatic heterocycles. The minimum absolute atomic E-state index is 0.00458. The second-order valence-electron chi connectivity index (χ2n) is 5.92. The summed E-state index contributed by atoms with van der Waals surface area (Å²) in [6.07, 6.45) is 10.6. The monoisotopic (exact) mass is 205 g/mol. The molecule has 0 atom stereocenters. The molecular formula is C13H19NO. The average molecular weight is 205 g/mol. The predicted molar refractivity (Wildman–Crippen MR) is 58.9 cm³/mol. The quantitative estimate of drug-likeness (QED) is 0.703. The van der Waals surface area contributed by atoms with Crippen LogP contribution in [0, 0.1) is 23.2 Å². The van der Waals surface area contributed by atoms with E-state index < -0.39 is 0 Å². The van der Waals surface area contributed by atoms with E-state index in [4.69, 9.17) is 5.73 Å². The Bertz CT molecular complexity index is 283. The number of hydrogen-bond donors (Lipinski definition) is 1. The molecule has 0 amide bonds. The third kappa shape index (κ3) is 1.34. The molecule has 0 unspecified atom stereocenters. The summed E-state index contributed by atoms with van der Waals surface area (Å²) in [7, 11) is 0. The fourth-order valence-electron chi connectivity index (χ4n) is 4.68. The maximum atomic E-state index is 12.1. The van der Waals surface area contributed by atoms with E-state index in [0.717, 1.165) is 37.0 Å². The molecule has 2 heteroatoms. The van der Waals surface area contributed by atoms with Crippen LogP contribution >= 0.6 is 0 Å². The first kappa shape index (κ1) is 9.44. The lowest BCUT2D eigenvalue weighted by atomic mass is 9.48. The van der Waals surface area contributed by atoms with Gasteiger partial charge in [0.15, 0.2) is 5.78 Å². The average Bonchev–Trinajstić information content (AvgIpc) is 2.15. The van der Waals surface area contributed by atoms with Gasteiger partial charge in [0.2, 0.25) is 0 Å². The van der Waals surface area contributed by atoms with Gasteiger partial charge in [0, 0.05) is 5.41 Å². The molecule has 4 fully saturated rings. The number of allylic oxidation sites excluding steroid dienone is 1. The van der Waals surface area contributed by atoms with Gasteiger partial charge in [-0.15, -0.1) is 0 Å². The summed E-state index contributed by atoms with van der Waals surface area (Å²) in [5.74, 6) is 2.83. The topological polar surface area (TPSA) is 43.1 Å². The molecular weight excluding hydrogens is 186 g/mol. The molecule has 0 aromatic rings. The molecule has 0 aromatic carbocycles. The highest BCUT2D eigenvalue weighted by Crippen LogP contribution is 2.60. The number of carbonyl (C=O) groups excluding carboxylic acids is 1. The van der Waals surface area contributed by atoms with E-state index in [2.05, 4.69) is 0 Å². The first-order valence-corrected chi connectivity index (χ1v) is 6.14. The van der Waals surface area contributed by atoms with Gasteiger partial charge < -0.3 is 5.73 Å². The van der Waals surface area contributed by atoms with Crippen molar-refractivity contribution < 1.29 is 4.79 Å². The molecule has 15 heavy (non-hydrogen) atoms. The molecule has 0 heterocycles. The fourth-order valence-corrected chi connectivity index (χ4v) is 4.68. The molecule has 4 aliphatic rings. The number of hydrogen-bond acceptors (Lipinski definition) is 2. The molecule has 2 nitrogen and oxygen atoms in total.